The maximum atomic E-state index is 12.2. The highest BCUT2D eigenvalue weighted by Crippen LogP contribution is 2.29. The first-order valence-corrected chi connectivity index (χ1v) is 9.86. The maximum absolute atomic E-state index is 12.2. The summed E-state index contributed by atoms with van der Waals surface area (Å²) >= 11 is 1.70. The number of hydrogen-bond acceptors (Lipinski definition) is 7. The number of para-hydroxylation sites is 1. The van der Waals surface area contributed by atoms with Crippen molar-refractivity contribution in [3.63, 3.8) is 0 Å². The summed E-state index contributed by atoms with van der Waals surface area (Å²) < 4.78 is 0. The van der Waals surface area contributed by atoms with Crippen molar-refractivity contribution in [2.24, 2.45) is 11.1 Å². The van der Waals surface area contributed by atoms with Gasteiger partial charge < -0.3 is 25.6 Å². The van der Waals surface area contributed by atoms with Crippen LogP contribution in [0.25, 0.3) is 0 Å². The number of amidine groups is 1. The molecule has 0 saturated heterocycles. The molecule has 0 unspecified atom stereocenters. The zero-order chi connectivity index (χ0) is 21.6. The number of nitrogens with one attached hydrogen (secondary N) is 2. The summed E-state index contributed by atoms with van der Waals surface area (Å²) in [5.74, 6) is 4.79. The number of nitrogens with zero attached hydrogens (tertiary/aromatic N) is 2. The van der Waals surface area contributed by atoms with E-state index in [0.717, 1.165) is 6.42 Å². The van der Waals surface area contributed by atoms with E-state index in [-0.39, 0.29) is 34.8 Å². The minimum Gasteiger partial charge on any atom is -0.505 e. The van der Waals surface area contributed by atoms with Gasteiger partial charge in [0.15, 0.2) is 11.6 Å². The van der Waals surface area contributed by atoms with Crippen molar-refractivity contribution in [1.29, 1.82) is 0 Å². The third-order valence-electron chi connectivity index (χ3n) is 4.22. The number of aromatic hydroxyl groups is 1. The number of thiophene rings is 1. The molecule has 1 heterocycles. The van der Waals surface area contributed by atoms with E-state index >= 15 is 0 Å². The van der Waals surface area contributed by atoms with Crippen LogP contribution in [0.3, 0.4) is 0 Å². The van der Waals surface area contributed by atoms with Crippen molar-refractivity contribution < 1.29 is 14.8 Å². The number of aryl methyl sites for hydroxylation is 1. The number of oxime groups is 1. The first kappa shape index (κ1) is 22.3. The number of nitrogens with two attached hydrogens (primary N) is 1. The summed E-state index contributed by atoms with van der Waals surface area (Å²) in [7, 11) is 3.22. The molecule has 29 heavy (non-hydrogen) atoms. The SMILES string of the molecule is C=C(N[C@H](CC)c1ccc(C)s1)/C(=N\ON)Nc1cccc(C(=O)N(C)C)c1O. The van der Waals surface area contributed by atoms with Gasteiger partial charge in [-0.05, 0) is 42.8 Å². The quantitative estimate of drug-likeness (QED) is 0.227. The lowest BCUT2D eigenvalue weighted by atomic mass is 10.1. The molecule has 8 nitrogen and oxygen atoms in total. The van der Waals surface area contributed by atoms with Gasteiger partial charge in [0, 0.05) is 23.8 Å². The summed E-state index contributed by atoms with van der Waals surface area (Å²) in [5, 5.41) is 20.5. The van der Waals surface area contributed by atoms with Gasteiger partial charge in [-0.1, -0.05) is 19.6 Å². The molecule has 1 aromatic carbocycles. The molecule has 1 atom stereocenters. The number of benzene rings is 1. The molecule has 2 aromatic rings. The van der Waals surface area contributed by atoms with Crippen LogP contribution in [0.15, 0.2) is 47.8 Å². The fourth-order valence-electron chi connectivity index (χ4n) is 2.69. The topological polar surface area (TPSA) is 112 Å². The monoisotopic (exact) mass is 417 g/mol. The average molecular weight is 418 g/mol. The lowest BCUT2D eigenvalue weighted by molar-refractivity contribution is 0.0824. The normalized spacial score (nSPS) is 12.2. The van der Waals surface area contributed by atoms with E-state index in [4.69, 9.17) is 5.90 Å². The standard InChI is InChI=1S/C20H27N5O3S/c1-6-15(17-11-10-12(2)29-17)22-13(3)19(24-28-21)23-16-9-7-8-14(18(16)26)20(27)25(4)5/h7-11,15,22,26H,3,6,21H2,1-2,4-5H3,(H,23,24)/t15-/m1/s1. The van der Waals surface area contributed by atoms with E-state index in [1.165, 1.54) is 14.7 Å². The molecule has 2 rings (SSSR count). The summed E-state index contributed by atoms with van der Waals surface area (Å²) in [6, 6.07) is 8.97. The molecular formula is C20H27N5O3S. The van der Waals surface area contributed by atoms with E-state index < -0.39 is 0 Å². The van der Waals surface area contributed by atoms with Crippen molar-refractivity contribution in [2.75, 3.05) is 19.4 Å². The van der Waals surface area contributed by atoms with Gasteiger partial charge in [0.1, 0.15) is 0 Å². The Labute approximate surface area is 174 Å². The van der Waals surface area contributed by atoms with Crippen LogP contribution in [0.1, 0.15) is 39.5 Å². The molecule has 1 aromatic heterocycles. The molecule has 0 bridgehead atoms. The molecule has 0 aliphatic carbocycles. The Morgan fingerprint density at radius 2 is 2.10 bits per heavy atom. The van der Waals surface area contributed by atoms with E-state index in [1.54, 1.807) is 43.6 Å². The number of phenols is 1. The number of amides is 1. The number of rotatable bonds is 8. The predicted molar refractivity (Wildman–Crippen MR) is 117 cm³/mol. The van der Waals surface area contributed by atoms with Gasteiger partial charge in [-0.3, -0.25) is 4.79 Å². The second-order valence-corrected chi connectivity index (χ2v) is 7.92. The minimum absolute atomic E-state index is 0.0289. The van der Waals surface area contributed by atoms with Gasteiger partial charge in [0.05, 0.1) is 23.0 Å². The molecule has 1 amide bonds. The molecular weight excluding hydrogens is 390 g/mol. The zero-order valence-corrected chi connectivity index (χ0v) is 17.8. The number of carbonyl (C=O) groups is 1. The molecule has 0 spiro atoms. The van der Waals surface area contributed by atoms with Crippen LogP contribution in [-0.2, 0) is 4.94 Å². The third-order valence-corrected chi connectivity index (χ3v) is 5.33. The largest absolute Gasteiger partial charge is 0.505 e. The minimum atomic E-state index is -0.323. The first-order valence-electron chi connectivity index (χ1n) is 9.05. The Morgan fingerprint density at radius 3 is 2.66 bits per heavy atom. The smallest absolute Gasteiger partial charge is 0.257 e. The Hall–Kier alpha value is -3.04. The van der Waals surface area contributed by atoms with Crippen molar-refractivity contribution in [2.45, 2.75) is 26.3 Å². The van der Waals surface area contributed by atoms with Crippen molar-refractivity contribution in [3.8, 4) is 5.75 Å². The van der Waals surface area contributed by atoms with E-state index in [1.807, 2.05) is 0 Å². The fourth-order valence-corrected chi connectivity index (χ4v) is 3.70. The summed E-state index contributed by atoms with van der Waals surface area (Å²) in [5.41, 5.74) is 0.862. The lowest BCUT2D eigenvalue weighted by Crippen LogP contribution is -2.29. The van der Waals surface area contributed by atoms with Crippen molar-refractivity contribution in [3.05, 3.63) is 57.9 Å². The molecule has 5 N–H and O–H groups in total. The molecule has 0 fully saturated rings. The van der Waals surface area contributed by atoms with E-state index in [9.17, 15) is 9.90 Å². The summed E-state index contributed by atoms with van der Waals surface area (Å²) in [6.07, 6.45) is 0.827. The average Bonchev–Trinajstić information content (AvgIpc) is 3.12. The molecule has 156 valence electrons. The number of carbonyl (C=O) groups excluding carboxylic acids is 1. The zero-order valence-electron chi connectivity index (χ0n) is 17.0. The molecule has 0 radical (unpaired) electrons. The first-order chi connectivity index (χ1) is 13.8. The van der Waals surface area contributed by atoms with Crippen LogP contribution in [0.5, 0.6) is 5.75 Å². The van der Waals surface area contributed by atoms with Gasteiger partial charge >= 0.3 is 0 Å². The Bertz CT molecular complexity index is 907. The second-order valence-electron chi connectivity index (χ2n) is 6.60. The number of anilines is 1. The third kappa shape index (κ3) is 5.49. The van der Waals surface area contributed by atoms with Gasteiger partial charge in [-0.15, -0.1) is 17.2 Å². The van der Waals surface area contributed by atoms with Crippen LogP contribution in [0.2, 0.25) is 0 Å². The van der Waals surface area contributed by atoms with E-state index in [2.05, 4.69) is 53.3 Å². The van der Waals surface area contributed by atoms with Gasteiger partial charge in [-0.2, -0.15) is 0 Å². The highest BCUT2D eigenvalue weighted by atomic mass is 32.1. The predicted octanol–water partition coefficient (Wildman–Crippen LogP) is 3.33. The summed E-state index contributed by atoms with van der Waals surface area (Å²) in [4.78, 5) is 20.5. The van der Waals surface area contributed by atoms with Crippen molar-refractivity contribution in [1.82, 2.24) is 10.2 Å². The van der Waals surface area contributed by atoms with Crippen LogP contribution >= 0.6 is 11.3 Å². The summed E-state index contributed by atoms with van der Waals surface area (Å²) in [6.45, 7) is 8.13. The van der Waals surface area contributed by atoms with Crippen LogP contribution in [0.4, 0.5) is 5.69 Å². The van der Waals surface area contributed by atoms with E-state index in [0.29, 0.717) is 5.70 Å². The fraction of sp³-hybridized carbons (Fsp3) is 0.300. The number of phenolic OH excluding ortho intramolecular Hbond substituents is 1. The maximum Gasteiger partial charge on any atom is 0.257 e. The van der Waals surface area contributed by atoms with Crippen LogP contribution in [-0.4, -0.2) is 35.8 Å². The van der Waals surface area contributed by atoms with Gasteiger partial charge in [-0.25, -0.2) is 0 Å². The Morgan fingerprint density at radius 1 is 1.38 bits per heavy atom. The van der Waals surface area contributed by atoms with Gasteiger partial charge in [0.2, 0.25) is 0 Å². The second kappa shape index (κ2) is 9.94. The lowest BCUT2D eigenvalue weighted by Gasteiger charge is -2.21. The molecule has 0 aliphatic heterocycles. The Balaban J connectivity index is 2.24. The van der Waals surface area contributed by atoms with Crippen molar-refractivity contribution >= 4 is 28.8 Å². The molecule has 9 heteroatoms. The van der Waals surface area contributed by atoms with Gasteiger partial charge in [0.25, 0.3) is 5.91 Å². The molecule has 0 aliphatic rings. The Kier molecular flexibility index (Phi) is 7.63. The molecule has 0 saturated carbocycles. The van der Waals surface area contributed by atoms with Crippen LogP contribution < -0.4 is 16.5 Å². The number of hydrogen-bond donors (Lipinski definition) is 4. The highest BCUT2D eigenvalue weighted by molar-refractivity contribution is 7.12. The van der Waals surface area contributed by atoms with Crippen LogP contribution in [0, 0.1) is 6.92 Å². The highest BCUT2D eigenvalue weighted by Gasteiger charge is 2.19.